The van der Waals surface area contributed by atoms with Crippen molar-refractivity contribution in [1.82, 2.24) is 5.32 Å². The van der Waals surface area contributed by atoms with Gasteiger partial charge >= 0.3 is 11.8 Å². The number of carbonyl (C=O) groups excluding carboxylic acids is 2. The fourth-order valence-corrected chi connectivity index (χ4v) is 1.46. The fourth-order valence-electron chi connectivity index (χ4n) is 1.12. The highest BCUT2D eigenvalue weighted by Crippen LogP contribution is 2.25. The first-order chi connectivity index (χ1) is 8.54. The lowest BCUT2D eigenvalue weighted by atomic mass is 10.3. The normalized spacial score (nSPS) is 9.94. The van der Waals surface area contributed by atoms with Gasteiger partial charge in [-0.3, -0.25) is 9.59 Å². The van der Waals surface area contributed by atoms with E-state index in [0.717, 1.165) is 0 Å². The van der Waals surface area contributed by atoms with Crippen LogP contribution in [0.2, 0.25) is 10.0 Å². The standard InChI is InChI=1S/C11H12Cl2N2O3/c1-18-5-4-14-10(16)11(17)15-9-6-7(12)2-3-8(9)13/h2-3,6H,4-5H2,1H3,(H,14,16)(H,15,17). The second-order valence-corrected chi connectivity index (χ2v) is 4.17. The Bertz CT molecular complexity index is 452. The van der Waals surface area contributed by atoms with E-state index in [0.29, 0.717) is 16.7 Å². The van der Waals surface area contributed by atoms with Gasteiger partial charge in [0, 0.05) is 18.7 Å². The van der Waals surface area contributed by atoms with Gasteiger partial charge in [0.1, 0.15) is 0 Å². The quantitative estimate of drug-likeness (QED) is 0.655. The lowest BCUT2D eigenvalue weighted by Crippen LogP contribution is -2.37. The zero-order chi connectivity index (χ0) is 13.5. The number of anilines is 1. The number of amides is 2. The number of nitrogens with one attached hydrogen (secondary N) is 2. The molecule has 0 bridgehead atoms. The van der Waals surface area contributed by atoms with E-state index in [1.165, 1.54) is 19.2 Å². The van der Waals surface area contributed by atoms with Crippen molar-refractivity contribution < 1.29 is 14.3 Å². The molecule has 0 unspecified atom stereocenters. The van der Waals surface area contributed by atoms with Crippen molar-refractivity contribution in [1.29, 1.82) is 0 Å². The van der Waals surface area contributed by atoms with E-state index in [1.54, 1.807) is 6.07 Å². The summed E-state index contributed by atoms with van der Waals surface area (Å²) in [7, 11) is 1.50. The van der Waals surface area contributed by atoms with Gasteiger partial charge in [-0.1, -0.05) is 23.2 Å². The van der Waals surface area contributed by atoms with E-state index in [4.69, 9.17) is 27.9 Å². The van der Waals surface area contributed by atoms with E-state index in [-0.39, 0.29) is 12.2 Å². The number of carbonyl (C=O) groups is 2. The minimum Gasteiger partial charge on any atom is -0.383 e. The van der Waals surface area contributed by atoms with Crippen molar-refractivity contribution in [3.05, 3.63) is 28.2 Å². The van der Waals surface area contributed by atoms with E-state index < -0.39 is 11.8 Å². The summed E-state index contributed by atoms with van der Waals surface area (Å²) in [6, 6.07) is 4.57. The molecule has 0 radical (unpaired) electrons. The van der Waals surface area contributed by atoms with Gasteiger partial charge in [0.25, 0.3) is 0 Å². The molecule has 0 aromatic heterocycles. The highest BCUT2D eigenvalue weighted by atomic mass is 35.5. The molecule has 1 aromatic rings. The number of benzene rings is 1. The first kappa shape index (κ1) is 14.8. The van der Waals surface area contributed by atoms with Crippen LogP contribution in [0.1, 0.15) is 0 Å². The first-order valence-corrected chi connectivity index (χ1v) is 5.83. The van der Waals surface area contributed by atoms with Crippen LogP contribution in [0.4, 0.5) is 5.69 Å². The predicted molar refractivity (Wildman–Crippen MR) is 70.0 cm³/mol. The van der Waals surface area contributed by atoms with Crippen molar-refractivity contribution in [2.75, 3.05) is 25.6 Å². The largest absolute Gasteiger partial charge is 0.383 e. The van der Waals surface area contributed by atoms with Gasteiger partial charge in [0.15, 0.2) is 0 Å². The predicted octanol–water partition coefficient (Wildman–Crippen LogP) is 1.69. The van der Waals surface area contributed by atoms with Gasteiger partial charge < -0.3 is 15.4 Å². The second-order valence-electron chi connectivity index (χ2n) is 3.33. The van der Waals surface area contributed by atoms with Crippen molar-refractivity contribution in [3.63, 3.8) is 0 Å². The number of halogens is 2. The Morgan fingerprint density at radius 3 is 2.67 bits per heavy atom. The highest BCUT2D eigenvalue weighted by Gasteiger charge is 2.14. The number of hydrogen-bond acceptors (Lipinski definition) is 3. The molecular weight excluding hydrogens is 279 g/mol. The molecule has 0 aliphatic heterocycles. The smallest absolute Gasteiger partial charge is 0.313 e. The van der Waals surface area contributed by atoms with Crippen molar-refractivity contribution >= 4 is 40.7 Å². The van der Waals surface area contributed by atoms with Crippen molar-refractivity contribution in [2.45, 2.75) is 0 Å². The van der Waals surface area contributed by atoms with Gasteiger partial charge in [-0.25, -0.2) is 0 Å². The molecule has 5 nitrogen and oxygen atoms in total. The maximum atomic E-state index is 11.5. The molecule has 1 rings (SSSR count). The Morgan fingerprint density at radius 2 is 2.00 bits per heavy atom. The highest BCUT2D eigenvalue weighted by molar-refractivity contribution is 6.42. The topological polar surface area (TPSA) is 67.4 Å². The third-order valence-electron chi connectivity index (χ3n) is 1.97. The molecule has 1 aromatic carbocycles. The van der Waals surface area contributed by atoms with Gasteiger partial charge in [-0.05, 0) is 18.2 Å². The Morgan fingerprint density at radius 1 is 1.28 bits per heavy atom. The number of rotatable bonds is 4. The molecule has 0 saturated heterocycles. The average Bonchev–Trinajstić information content (AvgIpc) is 2.34. The molecule has 0 saturated carbocycles. The van der Waals surface area contributed by atoms with Crippen LogP contribution in [0.5, 0.6) is 0 Å². The summed E-state index contributed by atoms with van der Waals surface area (Å²) in [5.74, 6) is -1.57. The monoisotopic (exact) mass is 290 g/mol. The Labute approximate surface area is 114 Å². The SMILES string of the molecule is COCCNC(=O)C(=O)Nc1cc(Cl)ccc1Cl. The van der Waals surface area contributed by atoms with Gasteiger partial charge in [0.05, 0.1) is 17.3 Å². The Balaban J connectivity index is 2.58. The van der Waals surface area contributed by atoms with Gasteiger partial charge in [0.2, 0.25) is 0 Å². The van der Waals surface area contributed by atoms with Crippen LogP contribution in [0.25, 0.3) is 0 Å². The summed E-state index contributed by atoms with van der Waals surface area (Å²) in [5, 5.41) is 5.47. The molecular formula is C11H12Cl2N2O3. The van der Waals surface area contributed by atoms with Crippen LogP contribution < -0.4 is 10.6 Å². The van der Waals surface area contributed by atoms with E-state index in [2.05, 4.69) is 10.6 Å². The van der Waals surface area contributed by atoms with E-state index >= 15 is 0 Å². The Hall–Kier alpha value is -1.30. The van der Waals surface area contributed by atoms with Crippen LogP contribution in [0.15, 0.2) is 18.2 Å². The first-order valence-electron chi connectivity index (χ1n) is 5.07. The van der Waals surface area contributed by atoms with E-state index in [1.807, 2.05) is 0 Å². The lowest BCUT2D eigenvalue weighted by molar-refractivity contribution is -0.136. The molecule has 0 aliphatic carbocycles. The molecule has 0 heterocycles. The fraction of sp³-hybridized carbons (Fsp3) is 0.273. The zero-order valence-electron chi connectivity index (χ0n) is 9.63. The number of ether oxygens (including phenoxy) is 1. The number of hydrogen-bond donors (Lipinski definition) is 2. The lowest BCUT2D eigenvalue weighted by Gasteiger charge is -2.07. The molecule has 18 heavy (non-hydrogen) atoms. The average molecular weight is 291 g/mol. The third kappa shape index (κ3) is 4.52. The summed E-state index contributed by atoms with van der Waals surface area (Å²) in [6.07, 6.45) is 0. The van der Waals surface area contributed by atoms with Crippen LogP contribution in [0.3, 0.4) is 0 Å². The van der Waals surface area contributed by atoms with Crippen LogP contribution in [-0.4, -0.2) is 32.1 Å². The van der Waals surface area contributed by atoms with Crippen LogP contribution in [0, 0.1) is 0 Å². The molecule has 98 valence electrons. The van der Waals surface area contributed by atoms with Crippen LogP contribution in [-0.2, 0) is 14.3 Å². The molecule has 0 fully saturated rings. The Kier molecular flexibility index (Phi) is 5.91. The number of methoxy groups -OCH3 is 1. The summed E-state index contributed by atoms with van der Waals surface area (Å²) in [5.41, 5.74) is 0.288. The minimum absolute atomic E-state index is 0.256. The van der Waals surface area contributed by atoms with Gasteiger partial charge in [-0.15, -0.1) is 0 Å². The zero-order valence-corrected chi connectivity index (χ0v) is 11.1. The molecule has 2 N–H and O–H groups in total. The summed E-state index contributed by atoms with van der Waals surface area (Å²) in [4.78, 5) is 22.9. The van der Waals surface area contributed by atoms with E-state index in [9.17, 15) is 9.59 Å². The van der Waals surface area contributed by atoms with Crippen LogP contribution >= 0.6 is 23.2 Å². The summed E-state index contributed by atoms with van der Waals surface area (Å²) < 4.78 is 4.74. The second kappa shape index (κ2) is 7.20. The maximum Gasteiger partial charge on any atom is 0.313 e. The molecule has 0 aliphatic rings. The van der Waals surface area contributed by atoms with Gasteiger partial charge in [-0.2, -0.15) is 0 Å². The molecule has 0 atom stereocenters. The van der Waals surface area contributed by atoms with Crippen molar-refractivity contribution in [3.8, 4) is 0 Å². The maximum absolute atomic E-state index is 11.5. The molecule has 0 spiro atoms. The molecule has 2 amide bonds. The van der Waals surface area contributed by atoms with Crippen molar-refractivity contribution in [2.24, 2.45) is 0 Å². The summed E-state index contributed by atoms with van der Waals surface area (Å²) in [6.45, 7) is 0.586. The summed E-state index contributed by atoms with van der Waals surface area (Å²) >= 11 is 11.6. The molecule has 7 heteroatoms. The minimum atomic E-state index is -0.810. The third-order valence-corrected chi connectivity index (χ3v) is 2.54.